The lowest BCUT2D eigenvalue weighted by Crippen LogP contribution is -2.48. The van der Waals surface area contributed by atoms with Gasteiger partial charge in [0.1, 0.15) is 23.9 Å². The van der Waals surface area contributed by atoms with Gasteiger partial charge < -0.3 is 9.52 Å². The molecule has 1 aromatic carbocycles. The molecule has 6 rings (SSSR count). The molecule has 8 nitrogen and oxygen atoms in total. The number of halogens is 2. The molecular formula is C28H26ClFN2O6. The van der Waals surface area contributed by atoms with Gasteiger partial charge in [-0.3, -0.25) is 24.1 Å². The number of fused-ring (bicyclic) bond motifs is 4. The van der Waals surface area contributed by atoms with Crippen LogP contribution in [-0.2, 0) is 25.8 Å². The Balaban J connectivity index is 1.51. The average molecular weight is 541 g/mol. The third kappa shape index (κ3) is 3.18. The van der Waals surface area contributed by atoms with Crippen LogP contribution in [0.3, 0.4) is 0 Å². The highest BCUT2D eigenvalue weighted by Gasteiger charge is 2.68. The summed E-state index contributed by atoms with van der Waals surface area (Å²) < 4.78 is 19.9. The van der Waals surface area contributed by atoms with Crippen LogP contribution in [0, 0.1) is 34.9 Å². The molecule has 3 fully saturated rings. The van der Waals surface area contributed by atoms with Crippen LogP contribution in [0.5, 0.6) is 0 Å². The lowest BCUT2D eigenvalue weighted by Gasteiger charge is -2.48. The van der Waals surface area contributed by atoms with Crippen molar-refractivity contribution in [2.45, 2.75) is 39.2 Å². The first-order valence-corrected chi connectivity index (χ1v) is 13.1. The standard InChI is InChI=1S/C28H26ClFN2O6/c1-3-31-24(34)16-7-6-15-17(22(16)26(31)36)11-18-25(35)32(13-4-8-20(30)19(29)10-13)27(37)28(18,2)23(15)21-9-5-14(12-33)38-21/h4-6,8-10,16-18,22-23,33H,3,7,11-12H2,1-2H3. The van der Waals surface area contributed by atoms with E-state index >= 15 is 0 Å². The fourth-order valence-corrected chi connectivity index (χ4v) is 7.37. The second kappa shape index (κ2) is 8.61. The number of nitrogens with zero attached hydrogens (tertiary/aromatic N) is 2. The summed E-state index contributed by atoms with van der Waals surface area (Å²) in [5, 5.41) is 9.43. The van der Waals surface area contributed by atoms with Gasteiger partial charge in [-0.05, 0) is 62.9 Å². The topological polar surface area (TPSA) is 108 Å². The number of rotatable bonds is 4. The Morgan fingerprint density at radius 2 is 1.87 bits per heavy atom. The Kier molecular flexibility index (Phi) is 5.66. The lowest BCUT2D eigenvalue weighted by molar-refractivity contribution is -0.140. The van der Waals surface area contributed by atoms with Crippen molar-refractivity contribution < 1.29 is 33.1 Å². The Morgan fingerprint density at radius 3 is 2.53 bits per heavy atom. The Morgan fingerprint density at radius 1 is 1.11 bits per heavy atom. The van der Waals surface area contributed by atoms with E-state index in [1.54, 1.807) is 26.0 Å². The number of furan rings is 1. The van der Waals surface area contributed by atoms with Crippen LogP contribution in [0.2, 0.25) is 5.02 Å². The molecule has 198 valence electrons. The van der Waals surface area contributed by atoms with Gasteiger partial charge in [0.2, 0.25) is 23.6 Å². The Hall–Kier alpha value is -3.30. The summed E-state index contributed by atoms with van der Waals surface area (Å²) in [6.07, 6.45) is 2.49. The van der Waals surface area contributed by atoms with Crippen molar-refractivity contribution in [3.63, 3.8) is 0 Å². The average Bonchev–Trinajstić information content (AvgIpc) is 3.52. The number of carbonyl (C=O) groups is 4. The lowest BCUT2D eigenvalue weighted by atomic mass is 9.52. The molecule has 6 atom stereocenters. The number of aliphatic hydroxyl groups excluding tert-OH is 1. The first-order valence-electron chi connectivity index (χ1n) is 12.7. The van der Waals surface area contributed by atoms with Crippen LogP contribution in [0.25, 0.3) is 0 Å². The quantitative estimate of drug-likeness (QED) is 0.466. The zero-order valence-electron chi connectivity index (χ0n) is 20.8. The number of hydrogen-bond donors (Lipinski definition) is 1. The zero-order chi connectivity index (χ0) is 27.1. The summed E-state index contributed by atoms with van der Waals surface area (Å²) in [7, 11) is 0. The third-order valence-electron chi connectivity index (χ3n) is 8.97. The fraction of sp³-hybridized carbons (Fsp3) is 0.429. The molecule has 0 spiro atoms. The number of carbonyl (C=O) groups excluding carboxylic acids is 4. The molecule has 1 aromatic heterocycles. The zero-order valence-corrected chi connectivity index (χ0v) is 21.6. The molecule has 0 radical (unpaired) electrons. The molecule has 1 saturated carbocycles. The van der Waals surface area contributed by atoms with Crippen molar-refractivity contribution in [2.75, 3.05) is 11.4 Å². The van der Waals surface area contributed by atoms with E-state index in [-0.39, 0.29) is 42.1 Å². The molecule has 4 amide bonds. The van der Waals surface area contributed by atoms with E-state index in [1.807, 2.05) is 6.08 Å². The minimum Gasteiger partial charge on any atom is -0.463 e. The fourth-order valence-electron chi connectivity index (χ4n) is 7.20. The number of imide groups is 2. The van der Waals surface area contributed by atoms with Crippen LogP contribution in [0.1, 0.15) is 44.1 Å². The van der Waals surface area contributed by atoms with Crippen molar-refractivity contribution in [3.8, 4) is 0 Å². The molecule has 4 aliphatic rings. The maximum absolute atomic E-state index is 14.2. The number of allylic oxidation sites excluding steroid dienone is 2. The molecule has 3 heterocycles. The van der Waals surface area contributed by atoms with Crippen molar-refractivity contribution in [2.24, 2.45) is 29.1 Å². The normalized spacial score (nSPS) is 32.4. The highest BCUT2D eigenvalue weighted by Crippen LogP contribution is 2.63. The molecule has 2 aliphatic heterocycles. The van der Waals surface area contributed by atoms with Gasteiger partial charge in [0, 0.05) is 6.54 Å². The molecule has 0 bridgehead atoms. The minimum absolute atomic E-state index is 0.162. The van der Waals surface area contributed by atoms with Crippen molar-refractivity contribution in [1.82, 2.24) is 4.90 Å². The van der Waals surface area contributed by atoms with Gasteiger partial charge in [-0.1, -0.05) is 23.3 Å². The SMILES string of the molecule is CCN1C(=O)C2CC=C3C(CC4C(=O)N(c5ccc(F)c(Cl)c5)C(=O)C4(C)C3c3ccc(CO)o3)C2C1=O. The molecule has 1 N–H and O–H groups in total. The number of benzene rings is 1. The van der Waals surface area contributed by atoms with E-state index in [4.69, 9.17) is 16.0 Å². The second-order valence-electron chi connectivity index (χ2n) is 10.6. The summed E-state index contributed by atoms with van der Waals surface area (Å²) in [5.41, 5.74) is -0.327. The number of anilines is 1. The third-order valence-corrected chi connectivity index (χ3v) is 9.26. The van der Waals surface area contributed by atoms with Crippen LogP contribution < -0.4 is 4.90 Å². The maximum atomic E-state index is 14.2. The van der Waals surface area contributed by atoms with E-state index in [2.05, 4.69) is 0 Å². The van der Waals surface area contributed by atoms with E-state index in [1.165, 1.54) is 17.0 Å². The van der Waals surface area contributed by atoms with E-state index in [0.717, 1.165) is 16.5 Å². The Bertz CT molecular complexity index is 1430. The maximum Gasteiger partial charge on any atom is 0.241 e. The minimum atomic E-state index is -1.28. The molecule has 2 saturated heterocycles. The van der Waals surface area contributed by atoms with Crippen LogP contribution >= 0.6 is 11.6 Å². The summed E-state index contributed by atoms with van der Waals surface area (Å²) in [6.45, 7) is 3.40. The predicted molar refractivity (Wildman–Crippen MR) is 133 cm³/mol. The van der Waals surface area contributed by atoms with Gasteiger partial charge in [0.25, 0.3) is 0 Å². The van der Waals surface area contributed by atoms with Gasteiger partial charge >= 0.3 is 0 Å². The van der Waals surface area contributed by atoms with Gasteiger partial charge in [-0.2, -0.15) is 0 Å². The predicted octanol–water partition coefficient (Wildman–Crippen LogP) is 3.82. The monoisotopic (exact) mass is 540 g/mol. The Labute approximate surface area is 223 Å². The number of likely N-dealkylation sites (tertiary alicyclic amines) is 1. The van der Waals surface area contributed by atoms with Gasteiger partial charge in [0.15, 0.2) is 0 Å². The van der Waals surface area contributed by atoms with Gasteiger partial charge in [-0.15, -0.1) is 0 Å². The van der Waals surface area contributed by atoms with Crippen LogP contribution in [0.4, 0.5) is 10.1 Å². The van der Waals surface area contributed by atoms with Crippen LogP contribution in [-0.4, -0.2) is 40.2 Å². The number of amides is 4. The largest absolute Gasteiger partial charge is 0.463 e. The first-order chi connectivity index (χ1) is 18.1. The van der Waals surface area contributed by atoms with Crippen molar-refractivity contribution in [3.05, 3.63) is 64.3 Å². The van der Waals surface area contributed by atoms with E-state index < -0.39 is 52.6 Å². The second-order valence-corrected chi connectivity index (χ2v) is 11.0. The highest BCUT2D eigenvalue weighted by atomic mass is 35.5. The number of aliphatic hydroxyl groups is 1. The van der Waals surface area contributed by atoms with Crippen molar-refractivity contribution in [1.29, 1.82) is 0 Å². The van der Waals surface area contributed by atoms with E-state index in [9.17, 15) is 28.7 Å². The summed E-state index contributed by atoms with van der Waals surface area (Å²) >= 11 is 5.99. The highest BCUT2D eigenvalue weighted by molar-refractivity contribution is 6.31. The molecule has 6 unspecified atom stereocenters. The smallest absolute Gasteiger partial charge is 0.241 e. The first kappa shape index (κ1) is 25.0. The van der Waals surface area contributed by atoms with Crippen LogP contribution in [0.15, 0.2) is 46.4 Å². The molecule has 38 heavy (non-hydrogen) atoms. The summed E-state index contributed by atoms with van der Waals surface area (Å²) in [5.74, 6) is -4.48. The molecule has 2 aliphatic carbocycles. The molecule has 2 aromatic rings. The molecular weight excluding hydrogens is 515 g/mol. The van der Waals surface area contributed by atoms with Gasteiger partial charge in [0.05, 0.1) is 39.8 Å². The number of hydrogen-bond acceptors (Lipinski definition) is 6. The molecule has 10 heteroatoms. The summed E-state index contributed by atoms with van der Waals surface area (Å²) in [6, 6.07) is 6.99. The summed E-state index contributed by atoms with van der Waals surface area (Å²) in [4.78, 5) is 56.9. The van der Waals surface area contributed by atoms with E-state index in [0.29, 0.717) is 17.9 Å². The van der Waals surface area contributed by atoms with Crippen molar-refractivity contribution >= 4 is 40.9 Å². The van der Waals surface area contributed by atoms with Gasteiger partial charge in [-0.25, -0.2) is 9.29 Å².